The molecule has 0 aliphatic heterocycles. The average molecular weight is 228 g/mol. The van der Waals surface area contributed by atoms with Crippen LogP contribution in [-0.2, 0) is 21.2 Å². The lowest BCUT2D eigenvalue weighted by atomic mass is 10.1. The lowest BCUT2D eigenvalue weighted by Gasteiger charge is -2.01. The van der Waals surface area contributed by atoms with E-state index in [1.54, 1.807) is 19.2 Å². The summed E-state index contributed by atoms with van der Waals surface area (Å²) in [6.07, 6.45) is 0.224. The molecular weight excluding hydrogens is 216 g/mol. The van der Waals surface area contributed by atoms with E-state index in [0.29, 0.717) is 0 Å². The lowest BCUT2D eigenvalue weighted by Crippen LogP contribution is -2.20. The molecule has 15 heavy (non-hydrogen) atoms. The molecule has 0 spiro atoms. The molecular formula is C9H12N2O3S. The van der Waals surface area contributed by atoms with Gasteiger partial charge in [-0.05, 0) is 17.7 Å². The molecule has 0 radical (unpaired) electrons. The fourth-order valence-electron chi connectivity index (χ4n) is 1.07. The lowest BCUT2D eigenvalue weighted by molar-refractivity contribution is -0.119. The van der Waals surface area contributed by atoms with Gasteiger partial charge in [0.15, 0.2) is 0 Å². The van der Waals surface area contributed by atoms with Crippen molar-refractivity contribution in [1.29, 1.82) is 0 Å². The van der Waals surface area contributed by atoms with Crippen LogP contribution in [0.25, 0.3) is 0 Å². The fourth-order valence-corrected chi connectivity index (χ4v) is 1.59. The van der Waals surface area contributed by atoms with E-state index < -0.39 is 10.0 Å². The van der Waals surface area contributed by atoms with Gasteiger partial charge in [0.05, 0.1) is 11.3 Å². The summed E-state index contributed by atoms with van der Waals surface area (Å²) in [5.41, 5.74) is 0.738. The fraction of sp³-hybridized carbons (Fsp3) is 0.222. The van der Waals surface area contributed by atoms with Crippen molar-refractivity contribution in [2.24, 2.45) is 5.14 Å². The molecule has 1 amide bonds. The molecule has 6 heteroatoms. The summed E-state index contributed by atoms with van der Waals surface area (Å²) in [7, 11) is -2.11. The highest BCUT2D eigenvalue weighted by Gasteiger charge is 2.07. The number of primary sulfonamides is 1. The maximum absolute atomic E-state index is 11.0. The Morgan fingerprint density at radius 2 is 1.87 bits per heavy atom. The standard InChI is InChI=1S/C9H12N2O3S/c1-11-9(12)6-7-2-4-8(5-3-7)15(10,13)14/h2-5H,6H2,1H3,(H,11,12)(H2,10,13,14). The Labute approximate surface area is 88.3 Å². The molecule has 1 aromatic carbocycles. The number of nitrogens with one attached hydrogen (secondary N) is 1. The average Bonchev–Trinajstić information content (AvgIpc) is 2.17. The summed E-state index contributed by atoms with van der Waals surface area (Å²) in [4.78, 5) is 11.1. The van der Waals surface area contributed by atoms with Gasteiger partial charge in [-0.15, -0.1) is 0 Å². The van der Waals surface area contributed by atoms with Crippen LogP contribution in [0.2, 0.25) is 0 Å². The van der Waals surface area contributed by atoms with Crippen LogP contribution < -0.4 is 10.5 Å². The van der Waals surface area contributed by atoms with E-state index in [-0.39, 0.29) is 17.2 Å². The van der Waals surface area contributed by atoms with Gasteiger partial charge < -0.3 is 5.32 Å². The van der Waals surface area contributed by atoms with Crippen LogP contribution in [0.1, 0.15) is 5.56 Å². The molecule has 0 fully saturated rings. The molecule has 0 aromatic heterocycles. The molecule has 0 aliphatic carbocycles. The third kappa shape index (κ3) is 3.34. The molecule has 0 unspecified atom stereocenters. The first-order valence-corrected chi connectivity index (χ1v) is 5.80. The maximum atomic E-state index is 11.0. The number of sulfonamides is 1. The van der Waals surface area contributed by atoms with Crippen molar-refractivity contribution in [1.82, 2.24) is 5.32 Å². The normalized spacial score (nSPS) is 11.1. The second-order valence-corrected chi connectivity index (χ2v) is 4.60. The van der Waals surface area contributed by atoms with E-state index in [4.69, 9.17) is 5.14 Å². The number of nitrogens with two attached hydrogens (primary N) is 1. The molecule has 0 saturated carbocycles. The summed E-state index contributed by atoms with van der Waals surface area (Å²) in [5, 5.41) is 7.40. The van der Waals surface area contributed by atoms with Crippen molar-refractivity contribution in [2.75, 3.05) is 7.05 Å². The molecule has 1 aromatic rings. The monoisotopic (exact) mass is 228 g/mol. The molecule has 5 nitrogen and oxygen atoms in total. The Hall–Kier alpha value is -1.40. The van der Waals surface area contributed by atoms with Crippen LogP contribution in [0, 0.1) is 0 Å². The van der Waals surface area contributed by atoms with Gasteiger partial charge >= 0.3 is 0 Å². The Balaban J connectivity index is 2.86. The van der Waals surface area contributed by atoms with Crippen LogP contribution in [0.4, 0.5) is 0 Å². The summed E-state index contributed by atoms with van der Waals surface area (Å²) in [6, 6.07) is 5.89. The molecule has 3 N–H and O–H groups in total. The second kappa shape index (κ2) is 4.41. The van der Waals surface area contributed by atoms with Crippen molar-refractivity contribution in [3.05, 3.63) is 29.8 Å². The summed E-state index contributed by atoms with van der Waals surface area (Å²) < 4.78 is 21.8. The molecule has 1 rings (SSSR count). The Morgan fingerprint density at radius 3 is 2.27 bits per heavy atom. The number of likely N-dealkylation sites (N-methyl/N-ethyl adjacent to an activating group) is 1. The number of amides is 1. The van der Waals surface area contributed by atoms with Gasteiger partial charge in [-0.1, -0.05) is 12.1 Å². The van der Waals surface area contributed by atoms with E-state index >= 15 is 0 Å². The largest absolute Gasteiger partial charge is 0.359 e. The summed E-state index contributed by atoms with van der Waals surface area (Å²) >= 11 is 0. The van der Waals surface area contributed by atoms with E-state index in [2.05, 4.69) is 5.32 Å². The molecule has 0 heterocycles. The van der Waals surface area contributed by atoms with Crippen LogP contribution in [0.5, 0.6) is 0 Å². The Bertz CT molecular complexity index is 451. The van der Waals surface area contributed by atoms with Crippen molar-refractivity contribution in [3.63, 3.8) is 0 Å². The minimum atomic E-state index is -3.65. The molecule has 0 bridgehead atoms. The topological polar surface area (TPSA) is 89.3 Å². The van der Waals surface area contributed by atoms with E-state index in [1.165, 1.54) is 12.1 Å². The Kier molecular flexibility index (Phi) is 3.43. The predicted octanol–water partition coefficient (Wildman–Crippen LogP) is -0.377. The quantitative estimate of drug-likeness (QED) is 0.739. The second-order valence-electron chi connectivity index (χ2n) is 3.04. The number of hydrogen-bond acceptors (Lipinski definition) is 3. The smallest absolute Gasteiger partial charge is 0.238 e. The van der Waals surface area contributed by atoms with E-state index in [9.17, 15) is 13.2 Å². The summed E-state index contributed by atoms with van der Waals surface area (Å²) in [5.74, 6) is -0.127. The number of benzene rings is 1. The van der Waals surface area contributed by atoms with Crippen molar-refractivity contribution in [2.45, 2.75) is 11.3 Å². The Morgan fingerprint density at radius 1 is 1.33 bits per heavy atom. The van der Waals surface area contributed by atoms with E-state index in [0.717, 1.165) is 5.56 Å². The van der Waals surface area contributed by atoms with Gasteiger partial charge in [0.25, 0.3) is 0 Å². The van der Waals surface area contributed by atoms with Crippen LogP contribution in [0.15, 0.2) is 29.2 Å². The summed E-state index contributed by atoms with van der Waals surface area (Å²) in [6.45, 7) is 0. The highest BCUT2D eigenvalue weighted by molar-refractivity contribution is 7.89. The van der Waals surface area contributed by atoms with Gasteiger partial charge in [0, 0.05) is 7.05 Å². The molecule has 0 atom stereocenters. The van der Waals surface area contributed by atoms with Crippen molar-refractivity contribution < 1.29 is 13.2 Å². The van der Waals surface area contributed by atoms with Crippen LogP contribution in [0.3, 0.4) is 0 Å². The first kappa shape index (κ1) is 11.7. The zero-order valence-electron chi connectivity index (χ0n) is 8.23. The van der Waals surface area contributed by atoms with Crippen molar-refractivity contribution in [3.8, 4) is 0 Å². The highest BCUT2D eigenvalue weighted by atomic mass is 32.2. The zero-order chi connectivity index (χ0) is 11.5. The van der Waals surface area contributed by atoms with Gasteiger partial charge in [-0.25, -0.2) is 13.6 Å². The van der Waals surface area contributed by atoms with Crippen LogP contribution in [-0.4, -0.2) is 21.4 Å². The van der Waals surface area contributed by atoms with Gasteiger partial charge in [0.1, 0.15) is 0 Å². The number of rotatable bonds is 3. The minimum absolute atomic E-state index is 0.0446. The first-order chi connectivity index (χ1) is 6.93. The highest BCUT2D eigenvalue weighted by Crippen LogP contribution is 2.08. The number of carbonyl (C=O) groups is 1. The number of carbonyl (C=O) groups excluding carboxylic acids is 1. The minimum Gasteiger partial charge on any atom is -0.359 e. The first-order valence-electron chi connectivity index (χ1n) is 4.26. The van der Waals surface area contributed by atoms with Gasteiger partial charge in [-0.2, -0.15) is 0 Å². The number of hydrogen-bond donors (Lipinski definition) is 2. The SMILES string of the molecule is CNC(=O)Cc1ccc(S(N)(=O)=O)cc1. The molecule has 82 valence electrons. The molecule has 0 saturated heterocycles. The van der Waals surface area contributed by atoms with E-state index in [1.807, 2.05) is 0 Å². The predicted molar refractivity (Wildman–Crippen MR) is 55.6 cm³/mol. The zero-order valence-corrected chi connectivity index (χ0v) is 9.04. The van der Waals surface area contributed by atoms with Gasteiger partial charge in [0.2, 0.25) is 15.9 Å². The van der Waals surface area contributed by atoms with Crippen LogP contribution >= 0.6 is 0 Å². The third-order valence-corrected chi connectivity index (χ3v) is 2.82. The third-order valence-electron chi connectivity index (χ3n) is 1.90. The van der Waals surface area contributed by atoms with Crippen molar-refractivity contribution >= 4 is 15.9 Å². The molecule has 0 aliphatic rings. The maximum Gasteiger partial charge on any atom is 0.238 e. The van der Waals surface area contributed by atoms with Gasteiger partial charge in [-0.3, -0.25) is 4.79 Å².